The number of aryl methyl sites for hydroxylation is 1. The van der Waals surface area contributed by atoms with Crippen molar-refractivity contribution >= 4 is 28.0 Å². The summed E-state index contributed by atoms with van der Waals surface area (Å²) in [6.45, 7) is 4.12. The number of likely N-dealkylation sites (tertiary alicyclic amines) is 1. The van der Waals surface area contributed by atoms with Gasteiger partial charge >= 0.3 is 0 Å². The van der Waals surface area contributed by atoms with Crippen LogP contribution in [0.3, 0.4) is 0 Å². The van der Waals surface area contributed by atoms with Crippen LogP contribution < -0.4 is 10.6 Å². The van der Waals surface area contributed by atoms with E-state index < -0.39 is 0 Å². The summed E-state index contributed by atoms with van der Waals surface area (Å²) in [5.74, 6) is 1.07. The molecular weight excluding hydrogens is 406 g/mol. The Labute approximate surface area is 187 Å². The van der Waals surface area contributed by atoms with E-state index in [9.17, 15) is 4.79 Å². The van der Waals surface area contributed by atoms with Crippen molar-refractivity contribution < 1.29 is 4.79 Å². The molecule has 1 aliphatic heterocycles. The number of imidazole rings is 1. The molecule has 7 heteroatoms. The van der Waals surface area contributed by atoms with Crippen LogP contribution in [-0.4, -0.2) is 52.4 Å². The average molecular weight is 438 g/mol. The summed E-state index contributed by atoms with van der Waals surface area (Å²) in [7, 11) is 2.14. The molecule has 6 nitrogen and oxygen atoms in total. The molecule has 1 aliphatic carbocycles. The first-order valence-electron chi connectivity index (χ1n) is 11.4. The highest BCUT2D eigenvalue weighted by Crippen LogP contribution is 2.36. The van der Waals surface area contributed by atoms with Crippen molar-refractivity contribution in [2.24, 2.45) is 0 Å². The molecule has 0 atom stereocenters. The van der Waals surface area contributed by atoms with E-state index in [2.05, 4.69) is 51.2 Å². The van der Waals surface area contributed by atoms with Gasteiger partial charge in [-0.05, 0) is 52.7 Å². The maximum absolute atomic E-state index is 13.1. The van der Waals surface area contributed by atoms with Gasteiger partial charge in [0, 0.05) is 23.3 Å². The van der Waals surface area contributed by atoms with E-state index in [0.717, 1.165) is 58.5 Å². The minimum Gasteiger partial charge on any atom is -0.367 e. The van der Waals surface area contributed by atoms with Crippen LogP contribution in [0.25, 0.3) is 16.2 Å². The van der Waals surface area contributed by atoms with Gasteiger partial charge in [0.05, 0.1) is 0 Å². The Balaban J connectivity index is 1.48. The Morgan fingerprint density at radius 3 is 2.48 bits per heavy atom. The maximum Gasteiger partial charge on any atom is 0.263 e. The van der Waals surface area contributed by atoms with Crippen molar-refractivity contribution in [2.75, 3.05) is 25.5 Å². The molecule has 1 aromatic carbocycles. The number of amides is 1. The largest absolute Gasteiger partial charge is 0.367 e. The van der Waals surface area contributed by atoms with Crippen LogP contribution in [0.4, 0.5) is 5.82 Å². The van der Waals surface area contributed by atoms with Crippen molar-refractivity contribution in [3.05, 3.63) is 40.9 Å². The van der Waals surface area contributed by atoms with Gasteiger partial charge in [-0.15, -0.1) is 0 Å². The zero-order valence-electron chi connectivity index (χ0n) is 18.4. The molecule has 0 unspecified atom stereocenters. The molecule has 0 radical (unpaired) electrons. The quantitative estimate of drug-likeness (QED) is 0.615. The lowest BCUT2D eigenvalue weighted by Crippen LogP contribution is -2.43. The molecule has 3 aromatic rings. The molecule has 2 fully saturated rings. The molecule has 2 N–H and O–H groups in total. The molecule has 5 rings (SSSR count). The SMILES string of the molecule is Cc1c(C(=O)NC2CCN(C)CC2)sc2nc(-c3ccccc3)c(NC3CCCC3)n12. The topological polar surface area (TPSA) is 61.7 Å². The molecule has 1 saturated carbocycles. The predicted octanol–water partition coefficient (Wildman–Crippen LogP) is 4.55. The van der Waals surface area contributed by atoms with Crippen molar-refractivity contribution in [3.8, 4) is 11.3 Å². The standard InChI is InChI=1S/C24H31N5OS/c1-16-21(23(30)26-19-12-14-28(2)15-13-19)31-24-27-20(17-8-4-3-5-9-17)22(29(16)24)25-18-10-6-7-11-18/h3-5,8-9,18-19,25H,6-7,10-15H2,1-2H3,(H,26,30). The third kappa shape index (κ3) is 4.08. The normalized spacial score (nSPS) is 18.6. The highest BCUT2D eigenvalue weighted by Gasteiger charge is 2.27. The van der Waals surface area contributed by atoms with E-state index in [4.69, 9.17) is 4.98 Å². The summed E-state index contributed by atoms with van der Waals surface area (Å²) in [5, 5.41) is 7.05. The Morgan fingerprint density at radius 2 is 1.77 bits per heavy atom. The molecule has 2 aromatic heterocycles. The number of carbonyl (C=O) groups excluding carboxylic acids is 1. The second-order valence-electron chi connectivity index (χ2n) is 8.99. The van der Waals surface area contributed by atoms with Gasteiger partial charge in [-0.1, -0.05) is 54.5 Å². The average Bonchev–Trinajstić information content (AvgIpc) is 3.49. The number of benzene rings is 1. The Bertz CT molecular complexity index is 1060. The first-order valence-corrected chi connectivity index (χ1v) is 12.2. The van der Waals surface area contributed by atoms with E-state index in [1.807, 2.05) is 13.0 Å². The number of hydrogen-bond acceptors (Lipinski definition) is 5. The van der Waals surface area contributed by atoms with E-state index in [1.54, 1.807) is 0 Å². The summed E-state index contributed by atoms with van der Waals surface area (Å²) in [4.78, 5) is 22.1. The van der Waals surface area contributed by atoms with Gasteiger partial charge in [0.25, 0.3) is 5.91 Å². The van der Waals surface area contributed by atoms with Gasteiger partial charge in [-0.2, -0.15) is 0 Å². The van der Waals surface area contributed by atoms with Crippen molar-refractivity contribution in [1.29, 1.82) is 0 Å². The summed E-state index contributed by atoms with van der Waals surface area (Å²) in [6, 6.07) is 11.1. The number of nitrogens with zero attached hydrogens (tertiary/aromatic N) is 3. The second kappa shape index (κ2) is 8.63. The Morgan fingerprint density at radius 1 is 1.06 bits per heavy atom. The molecule has 31 heavy (non-hydrogen) atoms. The van der Waals surface area contributed by atoms with Gasteiger partial charge in [0.15, 0.2) is 4.96 Å². The van der Waals surface area contributed by atoms with Gasteiger partial charge in [-0.25, -0.2) is 4.98 Å². The lowest BCUT2D eigenvalue weighted by molar-refractivity contribution is 0.0920. The highest BCUT2D eigenvalue weighted by atomic mass is 32.1. The van der Waals surface area contributed by atoms with Crippen LogP contribution >= 0.6 is 11.3 Å². The molecule has 1 saturated heterocycles. The first kappa shape index (κ1) is 20.5. The highest BCUT2D eigenvalue weighted by molar-refractivity contribution is 7.19. The minimum absolute atomic E-state index is 0.0376. The summed E-state index contributed by atoms with van der Waals surface area (Å²) >= 11 is 1.50. The second-order valence-corrected chi connectivity index (χ2v) is 9.96. The fraction of sp³-hybridized carbons (Fsp3) is 0.500. The third-order valence-corrected chi connectivity index (χ3v) is 7.85. The lowest BCUT2D eigenvalue weighted by atomic mass is 10.1. The number of aromatic nitrogens is 2. The Kier molecular flexibility index (Phi) is 5.71. The van der Waals surface area contributed by atoms with E-state index in [0.29, 0.717) is 6.04 Å². The first-order chi connectivity index (χ1) is 15.1. The van der Waals surface area contributed by atoms with Crippen LogP contribution in [0.2, 0.25) is 0 Å². The monoisotopic (exact) mass is 437 g/mol. The molecule has 164 valence electrons. The van der Waals surface area contributed by atoms with Crippen LogP contribution in [0.1, 0.15) is 53.9 Å². The molecule has 0 bridgehead atoms. The smallest absolute Gasteiger partial charge is 0.263 e. The van der Waals surface area contributed by atoms with Gasteiger partial charge in [0.1, 0.15) is 16.4 Å². The maximum atomic E-state index is 13.1. The molecule has 0 spiro atoms. The number of nitrogens with one attached hydrogen (secondary N) is 2. The number of hydrogen-bond donors (Lipinski definition) is 2. The van der Waals surface area contributed by atoms with Crippen LogP contribution in [0.5, 0.6) is 0 Å². The molecule has 2 aliphatic rings. The molecule has 1 amide bonds. The third-order valence-electron chi connectivity index (χ3n) is 6.71. The van der Waals surface area contributed by atoms with Gasteiger partial charge in [-0.3, -0.25) is 9.20 Å². The van der Waals surface area contributed by atoms with Gasteiger partial charge in [0.2, 0.25) is 0 Å². The summed E-state index contributed by atoms with van der Waals surface area (Å²) in [5.41, 5.74) is 3.06. The van der Waals surface area contributed by atoms with Crippen molar-refractivity contribution in [1.82, 2.24) is 19.6 Å². The van der Waals surface area contributed by atoms with E-state index in [1.165, 1.54) is 37.0 Å². The molecule has 3 heterocycles. The number of carbonyl (C=O) groups is 1. The van der Waals surface area contributed by atoms with Crippen molar-refractivity contribution in [3.63, 3.8) is 0 Å². The zero-order valence-corrected chi connectivity index (χ0v) is 19.2. The lowest BCUT2D eigenvalue weighted by Gasteiger charge is -2.29. The number of piperidine rings is 1. The zero-order chi connectivity index (χ0) is 21.4. The molecular formula is C24H31N5OS. The number of fused-ring (bicyclic) bond motifs is 1. The number of thiazole rings is 1. The number of rotatable bonds is 5. The van der Waals surface area contributed by atoms with Crippen molar-refractivity contribution in [2.45, 2.75) is 57.5 Å². The van der Waals surface area contributed by atoms with Crippen LogP contribution in [0, 0.1) is 6.92 Å². The fourth-order valence-electron chi connectivity index (χ4n) is 4.85. The van der Waals surface area contributed by atoms with E-state index >= 15 is 0 Å². The fourth-order valence-corrected chi connectivity index (χ4v) is 5.88. The summed E-state index contributed by atoms with van der Waals surface area (Å²) < 4.78 is 2.16. The van der Waals surface area contributed by atoms with Crippen LogP contribution in [-0.2, 0) is 0 Å². The van der Waals surface area contributed by atoms with Crippen LogP contribution in [0.15, 0.2) is 30.3 Å². The van der Waals surface area contributed by atoms with Gasteiger partial charge < -0.3 is 15.5 Å². The number of anilines is 1. The van der Waals surface area contributed by atoms with E-state index in [-0.39, 0.29) is 11.9 Å². The predicted molar refractivity (Wildman–Crippen MR) is 127 cm³/mol. The Hall–Kier alpha value is -2.38. The summed E-state index contributed by atoms with van der Waals surface area (Å²) in [6.07, 6.45) is 6.94. The minimum atomic E-state index is 0.0376.